The molecule has 0 bridgehead atoms. The Morgan fingerprint density at radius 2 is 0.868 bits per heavy atom. The molecule has 4 nitrogen and oxygen atoms in total. The third-order valence-corrected chi connectivity index (χ3v) is 7.43. The first-order valence-corrected chi connectivity index (χ1v) is 14.1. The van der Waals surface area contributed by atoms with Gasteiger partial charge in [-0.1, -0.05) is 95.2 Å². The fourth-order valence-electron chi connectivity index (χ4n) is 4.85. The molecule has 2 aromatic rings. The van der Waals surface area contributed by atoms with Gasteiger partial charge in [0.15, 0.2) is 0 Å². The number of hydrogen-bond donors (Lipinski definition) is 2. The zero-order valence-electron chi connectivity index (χ0n) is 26.9. The van der Waals surface area contributed by atoms with Crippen LogP contribution < -0.4 is 0 Å². The minimum absolute atomic E-state index is 0.0528. The van der Waals surface area contributed by atoms with Gasteiger partial charge in [-0.15, -0.1) is 0 Å². The second kappa shape index (κ2) is 11.2. The van der Waals surface area contributed by atoms with Gasteiger partial charge in [-0.25, -0.2) is 0 Å². The summed E-state index contributed by atoms with van der Waals surface area (Å²) in [6.45, 7) is 29.4. The summed E-state index contributed by atoms with van der Waals surface area (Å²) < 4.78 is 0. The maximum absolute atomic E-state index is 11.4. The van der Waals surface area contributed by atoms with E-state index in [1.54, 1.807) is 0 Å². The molecule has 2 aromatic carbocycles. The van der Waals surface area contributed by atoms with E-state index in [4.69, 9.17) is 0 Å². The van der Waals surface area contributed by atoms with Crippen molar-refractivity contribution in [3.8, 4) is 11.5 Å². The highest BCUT2D eigenvalue weighted by molar-refractivity contribution is 5.49. The molecule has 0 amide bonds. The highest BCUT2D eigenvalue weighted by Gasteiger charge is 2.29. The number of aromatic hydroxyl groups is 2. The summed E-state index contributed by atoms with van der Waals surface area (Å²) >= 11 is 0. The van der Waals surface area contributed by atoms with Gasteiger partial charge in [0.25, 0.3) is 0 Å². The zero-order valence-corrected chi connectivity index (χ0v) is 26.9. The van der Waals surface area contributed by atoms with E-state index in [0.29, 0.717) is 24.6 Å². The first-order chi connectivity index (χ1) is 17.0. The summed E-state index contributed by atoms with van der Waals surface area (Å²) in [6.07, 6.45) is 0. The summed E-state index contributed by atoms with van der Waals surface area (Å²) in [5.41, 5.74) is 6.28. The lowest BCUT2D eigenvalue weighted by Gasteiger charge is -2.33. The van der Waals surface area contributed by atoms with Gasteiger partial charge in [0.1, 0.15) is 11.5 Å². The van der Waals surface area contributed by atoms with E-state index in [1.165, 1.54) is 11.1 Å². The number of hydrogen-bond acceptors (Lipinski definition) is 4. The second-order valence-electron chi connectivity index (χ2n) is 15.6. The van der Waals surface area contributed by atoms with E-state index in [1.807, 2.05) is 12.1 Å². The molecule has 0 heterocycles. The van der Waals surface area contributed by atoms with Crippen LogP contribution in [0.3, 0.4) is 0 Å². The number of benzene rings is 2. The predicted molar refractivity (Wildman–Crippen MR) is 164 cm³/mol. The fourth-order valence-corrected chi connectivity index (χ4v) is 4.85. The Hall–Kier alpha value is -2.04. The van der Waals surface area contributed by atoms with Crippen LogP contribution in [0.15, 0.2) is 24.3 Å². The minimum Gasteiger partial charge on any atom is -0.508 e. The monoisotopic (exact) mass is 524 g/mol. The lowest BCUT2D eigenvalue weighted by Crippen LogP contribution is -2.33. The van der Waals surface area contributed by atoms with Crippen molar-refractivity contribution in [3.05, 3.63) is 57.6 Å². The molecular formula is C34H56N2O2. The molecule has 214 valence electrons. The Morgan fingerprint density at radius 1 is 0.526 bits per heavy atom. The van der Waals surface area contributed by atoms with Gasteiger partial charge in [0.05, 0.1) is 0 Å². The standard InChI is InChI=1S/C34H56N2O2/c1-31(2,3)23-17-27(33(7,8)9)25(29(37)19-23)21-36(16-15-35(13)14)22-26-28(34(10,11)12)18-24(20-30(26)38)32(4,5)6/h17-20,37-38H,15-16,21-22H2,1-14H3. The van der Waals surface area contributed by atoms with Gasteiger partial charge < -0.3 is 15.1 Å². The first kappa shape index (κ1) is 32.2. The largest absolute Gasteiger partial charge is 0.508 e. The summed E-state index contributed by atoms with van der Waals surface area (Å²) in [4.78, 5) is 4.57. The van der Waals surface area contributed by atoms with Gasteiger partial charge >= 0.3 is 0 Å². The van der Waals surface area contributed by atoms with Gasteiger partial charge in [-0.05, 0) is 70.1 Å². The molecular weight excluding hydrogens is 468 g/mol. The maximum Gasteiger partial charge on any atom is 0.120 e. The number of nitrogens with zero attached hydrogens (tertiary/aromatic N) is 2. The van der Waals surface area contributed by atoms with Crippen molar-refractivity contribution in [1.29, 1.82) is 0 Å². The third kappa shape index (κ3) is 8.23. The highest BCUT2D eigenvalue weighted by Crippen LogP contribution is 2.40. The van der Waals surface area contributed by atoms with Crippen molar-refractivity contribution < 1.29 is 10.2 Å². The highest BCUT2D eigenvalue weighted by atomic mass is 16.3. The molecule has 0 saturated carbocycles. The summed E-state index contributed by atoms with van der Waals surface area (Å²) in [7, 11) is 4.18. The number of likely N-dealkylation sites (N-methyl/N-ethyl adjacent to an activating group) is 1. The number of rotatable bonds is 7. The molecule has 38 heavy (non-hydrogen) atoms. The molecule has 0 saturated heterocycles. The topological polar surface area (TPSA) is 46.9 Å². The van der Waals surface area contributed by atoms with Crippen LogP contribution in [-0.2, 0) is 34.7 Å². The van der Waals surface area contributed by atoms with E-state index in [0.717, 1.165) is 35.3 Å². The molecule has 0 fully saturated rings. The molecule has 2 rings (SSSR count). The van der Waals surface area contributed by atoms with Crippen molar-refractivity contribution in [2.75, 3.05) is 27.2 Å². The lowest BCUT2D eigenvalue weighted by molar-refractivity contribution is 0.218. The summed E-state index contributed by atoms with van der Waals surface area (Å²) in [5, 5.41) is 22.7. The van der Waals surface area contributed by atoms with Crippen LogP contribution in [0, 0.1) is 0 Å². The van der Waals surface area contributed by atoms with E-state index < -0.39 is 0 Å². The first-order valence-electron chi connectivity index (χ1n) is 14.1. The molecule has 4 heteroatoms. The Bertz CT molecular complexity index is 1020. The quantitative estimate of drug-likeness (QED) is 0.387. The smallest absolute Gasteiger partial charge is 0.120 e. The Morgan fingerprint density at radius 3 is 1.13 bits per heavy atom. The van der Waals surface area contributed by atoms with E-state index >= 15 is 0 Å². The van der Waals surface area contributed by atoms with Crippen molar-refractivity contribution in [1.82, 2.24) is 9.80 Å². The Labute approximate surface area is 234 Å². The van der Waals surface area contributed by atoms with Crippen LogP contribution >= 0.6 is 0 Å². The fraction of sp³-hybridized carbons (Fsp3) is 0.647. The molecule has 0 aliphatic carbocycles. The minimum atomic E-state index is -0.117. The average molecular weight is 525 g/mol. The normalized spacial score (nSPS) is 13.6. The van der Waals surface area contributed by atoms with Crippen molar-refractivity contribution in [2.24, 2.45) is 0 Å². The SMILES string of the molecule is CN(C)CCN(Cc1c(O)cc(C(C)(C)C)cc1C(C)(C)C)Cc1c(O)cc(C(C)(C)C)cc1C(C)(C)C. The van der Waals surface area contributed by atoms with E-state index in [2.05, 4.69) is 119 Å². The average Bonchev–Trinajstić information content (AvgIpc) is 2.70. The van der Waals surface area contributed by atoms with Gasteiger partial charge in [0, 0.05) is 37.3 Å². The molecule has 0 unspecified atom stereocenters. The van der Waals surface area contributed by atoms with Gasteiger partial charge in [0.2, 0.25) is 0 Å². The maximum atomic E-state index is 11.4. The van der Waals surface area contributed by atoms with Gasteiger partial charge in [-0.2, -0.15) is 0 Å². The number of phenols is 2. The molecule has 0 radical (unpaired) electrons. The van der Waals surface area contributed by atoms with Crippen molar-refractivity contribution in [3.63, 3.8) is 0 Å². The zero-order chi connectivity index (χ0) is 29.4. The molecule has 0 spiro atoms. The molecule has 2 N–H and O–H groups in total. The van der Waals surface area contributed by atoms with Crippen molar-refractivity contribution in [2.45, 2.75) is 118 Å². The lowest BCUT2D eigenvalue weighted by atomic mass is 9.77. The number of phenolic OH excluding ortho intramolecular Hbond substituents is 2. The van der Waals surface area contributed by atoms with Crippen LogP contribution in [-0.4, -0.2) is 47.2 Å². The van der Waals surface area contributed by atoms with Crippen molar-refractivity contribution >= 4 is 0 Å². The predicted octanol–water partition coefficient (Wildman–Crippen LogP) is 7.85. The Balaban J connectivity index is 2.66. The summed E-state index contributed by atoms with van der Waals surface area (Å²) in [6, 6.07) is 8.47. The molecule has 0 aliphatic rings. The van der Waals surface area contributed by atoms with Crippen LogP contribution in [0.1, 0.15) is 116 Å². The molecule has 0 aliphatic heterocycles. The van der Waals surface area contributed by atoms with Crippen LogP contribution in [0.5, 0.6) is 11.5 Å². The summed E-state index contributed by atoms with van der Waals surface area (Å²) in [5.74, 6) is 0.723. The Kier molecular flexibility index (Phi) is 9.50. The molecule has 0 aromatic heterocycles. The van der Waals surface area contributed by atoms with E-state index in [-0.39, 0.29) is 21.7 Å². The van der Waals surface area contributed by atoms with Crippen LogP contribution in [0.25, 0.3) is 0 Å². The second-order valence-corrected chi connectivity index (χ2v) is 15.6. The molecule has 0 atom stereocenters. The van der Waals surface area contributed by atoms with Gasteiger partial charge in [-0.3, -0.25) is 4.90 Å². The van der Waals surface area contributed by atoms with Crippen LogP contribution in [0.2, 0.25) is 0 Å². The third-order valence-electron chi connectivity index (χ3n) is 7.43. The van der Waals surface area contributed by atoms with E-state index in [9.17, 15) is 10.2 Å². The van der Waals surface area contributed by atoms with Crippen LogP contribution in [0.4, 0.5) is 0 Å².